The van der Waals surface area contributed by atoms with Gasteiger partial charge in [0, 0.05) is 13.0 Å². The molecule has 2 aromatic rings. The molecule has 0 radical (unpaired) electrons. The average Bonchev–Trinajstić information content (AvgIpc) is 2.74. The summed E-state index contributed by atoms with van der Waals surface area (Å²) in [7, 11) is 1.15. The van der Waals surface area contributed by atoms with Gasteiger partial charge in [-0.2, -0.15) is 0 Å². The number of aliphatic hydroxyl groups is 1. The van der Waals surface area contributed by atoms with Gasteiger partial charge in [-0.3, -0.25) is 4.57 Å². The number of hydrogen-bond acceptors (Lipinski definition) is 6. The number of nitrogens with one attached hydrogen (secondary N) is 1. The van der Waals surface area contributed by atoms with Crippen molar-refractivity contribution in [1.29, 1.82) is 0 Å². The van der Waals surface area contributed by atoms with Crippen LogP contribution in [0.1, 0.15) is 27.5 Å². The molecule has 1 fully saturated rings. The van der Waals surface area contributed by atoms with Crippen LogP contribution in [0.15, 0.2) is 48.5 Å². The predicted molar refractivity (Wildman–Crippen MR) is 103 cm³/mol. The van der Waals surface area contributed by atoms with Gasteiger partial charge in [0.2, 0.25) is 0 Å². The fraction of sp³-hybridized carbons (Fsp3) is 0.350. The second-order valence-corrected chi connectivity index (χ2v) is 7.67. The van der Waals surface area contributed by atoms with Crippen LogP contribution < -0.4 is 10.1 Å². The largest absolute Gasteiger partial charge is 0.497 e. The maximum absolute atomic E-state index is 11.8. The highest BCUT2D eigenvalue weighted by Gasteiger charge is 2.41. The zero-order valence-electron chi connectivity index (χ0n) is 15.4. The molecule has 0 aromatic heterocycles. The number of carbonyl (C=O) groups is 1. The van der Waals surface area contributed by atoms with E-state index in [1.54, 1.807) is 31.4 Å². The van der Waals surface area contributed by atoms with Crippen LogP contribution in [0.2, 0.25) is 0 Å². The van der Waals surface area contributed by atoms with Gasteiger partial charge in [0.25, 0.3) is 0 Å². The van der Waals surface area contributed by atoms with Crippen molar-refractivity contribution >= 4 is 14.4 Å². The molecule has 0 saturated carbocycles. The Morgan fingerprint density at radius 3 is 2.64 bits per heavy atom. The van der Waals surface area contributed by atoms with E-state index in [2.05, 4.69) is 5.32 Å². The summed E-state index contributed by atoms with van der Waals surface area (Å²) in [5.41, 5.74) is 1.80. The summed E-state index contributed by atoms with van der Waals surface area (Å²) in [4.78, 5) is 11.1. The van der Waals surface area contributed by atoms with Crippen molar-refractivity contribution in [3.05, 3.63) is 65.2 Å². The SMILES string of the molecule is COc1ccc(CC(O)(P=O)[C@@H]2CN[C@H](c3cccc(C(=O)O)c3)CO2)cc1. The lowest BCUT2D eigenvalue weighted by Crippen LogP contribution is -2.52. The summed E-state index contributed by atoms with van der Waals surface area (Å²) >= 11 is 0. The monoisotopic (exact) mass is 403 g/mol. The van der Waals surface area contributed by atoms with E-state index >= 15 is 0 Å². The normalized spacial score (nSPS) is 21.8. The topological polar surface area (TPSA) is 105 Å². The highest BCUT2D eigenvalue weighted by Crippen LogP contribution is 2.33. The number of hydrogen-bond donors (Lipinski definition) is 3. The molecule has 0 bridgehead atoms. The number of carboxylic acids is 1. The van der Waals surface area contributed by atoms with Crippen LogP contribution in [-0.2, 0) is 15.7 Å². The molecule has 0 aliphatic carbocycles. The van der Waals surface area contributed by atoms with Gasteiger partial charge >= 0.3 is 5.97 Å². The highest BCUT2D eigenvalue weighted by atomic mass is 31.1. The van der Waals surface area contributed by atoms with Crippen molar-refractivity contribution in [3.63, 3.8) is 0 Å². The fourth-order valence-corrected chi connectivity index (χ4v) is 3.76. The van der Waals surface area contributed by atoms with E-state index in [0.717, 1.165) is 11.1 Å². The molecule has 3 rings (SSSR count). The van der Waals surface area contributed by atoms with Gasteiger partial charge in [0.1, 0.15) is 11.9 Å². The summed E-state index contributed by atoms with van der Waals surface area (Å²) in [6, 6.07) is 13.6. The van der Waals surface area contributed by atoms with E-state index in [4.69, 9.17) is 14.6 Å². The first-order valence-electron chi connectivity index (χ1n) is 8.83. The summed E-state index contributed by atoms with van der Waals surface area (Å²) in [6.45, 7) is 0.512. The molecular weight excluding hydrogens is 381 g/mol. The van der Waals surface area contributed by atoms with Crippen molar-refractivity contribution in [2.45, 2.75) is 23.9 Å². The van der Waals surface area contributed by atoms with E-state index in [1.807, 2.05) is 18.2 Å². The van der Waals surface area contributed by atoms with Crippen molar-refractivity contribution in [2.75, 3.05) is 20.3 Å². The minimum atomic E-state index is -1.57. The van der Waals surface area contributed by atoms with Crippen LogP contribution in [-0.4, -0.2) is 47.9 Å². The Hall–Kier alpha value is -2.31. The number of carboxylic acid groups (broad SMARTS) is 1. The first-order valence-corrected chi connectivity index (χ1v) is 9.64. The lowest BCUT2D eigenvalue weighted by atomic mass is 9.99. The number of methoxy groups -OCH3 is 1. The van der Waals surface area contributed by atoms with Crippen LogP contribution in [0.3, 0.4) is 0 Å². The molecule has 0 spiro atoms. The van der Waals surface area contributed by atoms with E-state index in [1.165, 1.54) is 6.07 Å². The summed E-state index contributed by atoms with van der Waals surface area (Å²) in [6.07, 6.45) is -0.513. The molecule has 8 heteroatoms. The first-order chi connectivity index (χ1) is 13.4. The van der Waals surface area contributed by atoms with Crippen LogP contribution in [0.4, 0.5) is 0 Å². The van der Waals surface area contributed by atoms with Gasteiger partial charge < -0.3 is 25.0 Å². The van der Waals surface area contributed by atoms with Crippen molar-refractivity contribution in [1.82, 2.24) is 5.32 Å². The number of morpholine rings is 1. The van der Waals surface area contributed by atoms with Crippen LogP contribution in [0, 0.1) is 0 Å². The van der Waals surface area contributed by atoms with Crippen LogP contribution in [0.25, 0.3) is 0 Å². The fourth-order valence-electron chi connectivity index (χ4n) is 3.23. The van der Waals surface area contributed by atoms with Crippen molar-refractivity contribution in [3.8, 4) is 5.75 Å². The average molecular weight is 403 g/mol. The Labute approximate surface area is 164 Å². The molecule has 0 amide bonds. The minimum absolute atomic E-state index is 0.160. The lowest BCUT2D eigenvalue weighted by molar-refractivity contribution is -0.0853. The van der Waals surface area contributed by atoms with Crippen molar-refractivity contribution < 1.29 is 29.0 Å². The predicted octanol–water partition coefficient (Wildman–Crippen LogP) is 2.65. The van der Waals surface area contributed by atoms with Crippen LogP contribution in [0.5, 0.6) is 5.75 Å². The number of aromatic carboxylic acids is 1. The summed E-state index contributed by atoms with van der Waals surface area (Å²) in [5, 5.41) is 21.7. The second kappa shape index (κ2) is 8.80. The maximum Gasteiger partial charge on any atom is 0.335 e. The zero-order chi connectivity index (χ0) is 20.1. The van der Waals surface area contributed by atoms with Crippen LogP contribution >= 0.6 is 8.46 Å². The van der Waals surface area contributed by atoms with Gasteiger partial charge in [-0.05, 0) is 35.4 Å². The highest BCUT2D eigenvalue weighted by molar-refractivity contribution is 7.25. The third-order valence-corrected chi connectivity index (χ3v) is 5.61. The molecule has 1 aliphatic heterocycles. The molecule has 1 unspecified atom stereocenters. The summed E-state index contributed by atoms with van der Waals surface area (Å²) in [5.74, 6) is -0.288. The molecule has 148 valence electrons. The third kappa shape index (κ3) is 4.56. The Kier molecular flexibility index (Phi) is 6.42. The number of ether oxygens (including phenoxy) is 2. The molecule has 1 aliphatic rings. The smallest absolute Gasteiger partial charge is 0.335 e. The summed E-state index contributed by atoms with van der Waals surface area (Å²) < 4.78 is 22.7. The second-order valence-electron chi connectivity index (χ2n) is 6.71. The van der Waals surface area contributed by atoms with Gasteiger partial charge in [0.05, 0.1) is 25.3 Å². The van der Waals surface area contributed by atoms with E-state index in [-0.39, 0.29) is 31.2 Å². The minimum Gasteiger partial charge on any atom is -0.497 e. The molecule has 28 heavy (non-hydrogen) atoms. The molecule has 3 N–H and O–H groups in total. The molecular formula is C20H22NO6P. The van der Waals surface area contributed by atoms with Gasteiger partial charge in [0.15, 0.2) is 13.8 Å². The molecule has 3 atom stereocenters. The van der Waals surface area contributed by atoms with Crippen molar-refractivity contribution in [2.24, 2.45) is 0 Å². The quantitative estimate of drug-likeness (QED) is 0.611. The Morgan fingerprint density at radius 1 is 1.32 bits per heavy atom. The maximum atomic E-state index is 11.8. The Balaban J connectivity index is 1.66. The standard InChI is InChI=1S/C20H22NO6P/c1-26-16-7-5-13(6-8-16)10-20(24,28-25)18-11-21-17(12-27-18)14-3-2-4-15(9-14)19(22)23/h2-9,17-18,21,24H,10-12H2,1H3,(H,22,23)/t17-,18-,20?/m0/s1. The Bertz CT molecular complexity index is 835. The molecule has 7 nitrogen and oxygen atoms in total. The lowest BCUT2D eigenvalue weighted by Gasteiger charge is -2.37. The number of benzene rings is 2. The Morgan fingerprint density at radius 2 is 2.07 bits per heavy atom. The molecule has 1 heterocycles. The zero-order valence-corrected chi connectivity index (χ0v) is 16.3. The number of rotatable bonds is 7. The van der Waals surface area contributed by atoms with E-state index in [0.29, 0.717) is 5.75 Å². The van der Waals surface area contributed by atoms with Gasteiger partial charge in [-0.25, -0.2) is 4.79 Å². The molecule has 2 aromatic carbocycles. The first kappa shape index (κ1) is 20.4. The molecule has 1 saturated heterocycles. The van der Waals surface area contributed by atoms with Gasteiger partial charge in [-0.1, -0.05) is 24.3 Å². The van der Waals surface area contributed by atoms with E-state index < -0.39 is 25.9 Å². The third-order valence-electron chi connectivity index (χ3n) is 4.85. The van der Waals surface area contributed by atoms with E-state index in [9.17, 15) is 14.5 Å². The van der Waals surface area contributed by atoms with Gasteiger partial charge in [-0.15, -0.1) is 0 Å².